The van der Waals surface area contributed by atoms with Crippen molar-refractivity contribution in [2.24, 2.45) is 5.92 Å². The number of carbonyl (C=O) groups is 2. The summed E-state index contributed by atoms with van der Waals surface area (Å²) in [6.45, 7) is 5.00. The van der Waals surface area contributed by atoms with Gasteiger partial charge in [0, 0.05) is 42.0 Å². The third-order valence-electron chi connectivity index (χ3n) is 6.23. The van der Waals surface area contributed by atoms with Crippen LogP contribution in [-0.2, 0) is 16.1 Å². The molecule has 1 aliphatic carbocycles. The average Bonchev–Trinajstić information content (AvgIpc) is 3.34. The van der Waals surface area contributed by atoms with Gasteiger partial charge in [0.1, 0.15) is 0 Å². The summed E-state index contributed by atoms with van der Waals surface area (Å²) >= 11 is 0. The van der Waals surface area contributed by atoms with Crippen LogP contribution in [-0.4, -0.2) is 37.6 Å². The van der Waals surface area contributed by atoms with Crippen LogP contribution in [0.4, 0.5) is 11.4 Å². The van der Waals surface area contributed by atoms with Gasteiger partial charge in [0.2, 0.25) is 5.91 Å². The van der Waals surface area contributed by atoms with Gasteiger partial charge in [0.15, 0.2) is 0 Å². The molecule has 4 rings (SSSR count). The Bertz CT molecular complexity index is 889. The van der Waals surface area contributed by atoms with Crippen LogP contribution in [0, 0.1) is 5.92 Å². The lowest BCUT2D eigenvalue weighted by molar-refractivity contribution is -0.124. The summed E-state index contributed by atoms with van der Waals surface area (Å²) in [4.78, 5) is 27.1. The Hall–Kier alpha value is -2.86. The maximum absolute atomic E-state index is 12.6. The smallest absolute Gasteiger partial charge is 0.255 e. The first-order valence-electron chi connectivity index (χ1n) is 11.2. The average molecular weight is 422 g/mol. The number of nitrogens with zero attached hydrogens (tertiary/aromatic N) is 1. The molecule has 0 aromatic heterocycles. The molecule has 1 saturated carbocycles. The third-order valence-corrected chi connectivity index (χ3v) is 6.23. The fraction of sp³-hybridized carbons (Fsp3) is 0.440. The van der Waals surface area contributed by atoms with Gasteiger partial charge in [0.25, 0.3) is 5.91 Å². The zero-order chi connectivity index (χ0) is 21.6. The lowest BCUT2D eigenvalue weighted by Crippen LogP contribution is -2.43. The highest BCUT2D eigenvalue weighted by atomic mass is 16.5. The van der Waals surface area contributed by atoms with E-state index in [1.54, 1.807) is 12.1 Å². The molecule has 31 heavy (non-hydrogen) atoms. The molecular formula is C25H31N3O3. The molecular weight excluding hydrogens is 390 g/mol. The third kappa shape index (κ3) is 5.44. The Morgan fingerprint density at radius 2 is 1.74 bits per heavy atom. The summed E-state index contributed by atoms with van der Waals surface area (Å²) in [6.07, 6.45) is 4.29. The number of carbonyl (C=O) groups excluding carboxylic acids is 2. The highest BCUT2D eigenvalue weighted by Gasteiger charge is 2.22. The summed E-state index contributed by atoms with van der Waals surface area (Å²) < 4.78 is 5.50. The first-order valence-corrected chi connectivity index (χ1v) is 11.2. The maximum atomic E-state index is 12.6. The number of nitrogens with one attached hydrogen (secondary N) is 2. The molecule has 6 nitrogen and oxygen atoms in total. The Labute approximate surface area is 184 Å². The maximum Gasteiger partial charge on any atom is 0.255 e. The number of morpholine rings is 1. The second kappa shape index (κ2) is 9.96. The topological polar surface area (TPSA) is 70.7 Å². The van der Waals surface area contributed by atoms with Crippen molar-refractivity contribution >= 4 is 23.2 Å². The van der Waals surface area contributed by atoms with E-state index in [9.17, 15) is 9.59 Å². The first kappa shape index (κ1) is 21.4. The van der Waals surface area contributed by atoms with E-state index < -0.39 is 0 Å². The Morgan fingerprint density at radius 3 is 2.42 bits per heavy atom. The first-order chi connectivity index (χ1) is 15.1. The van der Waals surface area contributed by atoms with Gasteiger partial charge >= 0.3 is 0 Å². The summed E-state index contributed by atoms with van der Waals surface area (Å²) in [5.41, 5.74) is 3.49. The van der Waals surface area contributed by atoms with Gasteiger partial charge in [-0.15, -0.1) is 0 Å². The van der Waals surface area contributed by atoms with Gasteiger partial charge in [-0.3, -0.25) is 9.59 Å². The van der Waals surface area contributed by atoms with E-state index in [2.05, 4.69) is 22.5 Å². The molecule has 1 atom stereocenters. The number of hydrogen-bond donors (Lipinski definition) is 2. The molecule has 2 fully saturated rings. The van der Waals surface area contributed by atoms with E-state index in [-0.39, 0.29) is 17.7 Å². The van der Waals surface area contributed by atoms with Gasteiger partial charge in [-0.2, -0.15) is 0 Å². The van der Waals surface area contributed by atoms with Crippen LogP contribution in [0.1, 0.15) is 48.5 Å². The van der Waals surface area contributed by atoms with E-state index in [0.29, 0.717) is 18.2 Å². The molecule has 1 heterocycles. The Kier molecular flexibility index (Phi) is 6.87. The minimum atomic E-state index is -0.144. The van der Waals surface area contributed by atoms with Gasteiger partial charge in [0.05, 0.1) is 13.2 Å². The van der Waals surface area contributed by atoms with Crippen molar-refractivity contribution in [2.45, 2.75) is 45.2 Å². The number of anilines is 2. The fourth-order valence-electron chi connectivity index (χ4n) is 4.35. The van der Waals surface area contributed by atoms with Crippen LogP contribution in [0.25, 0.3) is 0 Å². The van der Waals surface area contributed by atoms with Gasteiger partial charge in [-0.05, 0) is 61.7 Å². The molecule has 1 unspecified atom stereocenters. The molecule has 164 valence electrons. The highest BCUT2D eigenvalue weighted by molar-refractivity contribution is 6.04. The number of rotatable bonds is 6. The molecule has 0 spiro atoms. The summed E-state index contributed by atoms with van der Waals surface area (Å²) in [5, 5.41) is 5.97. The monoisotopic (exact) mass is 421 g/mol. The van der Waals surface area contributed by atoms with Crippen molar-refractivity contribution in [1.82, 2.24) is 5.32 Å². The fourth-order valence-corrected chi connectivity index (χ4v) is 4.35. The van der Waals surface area contributed by atoms with Crippen LogP contribution in [0.5, 0.6) is 0 Å². The van der Waals surface area contributed by atoms with Crippen molar-refractivity contribution < 1.29 is 14.3 Å². The molecule has 0 radical (unpaired) electrons. The molecule has 1 aliphatic heterocycles. The predicted molar refractivity (Wildman–Crippen MR) is 122 cm³/mol. The van der Waals surface area contributed by atoms with Crippen LogP contribution in [0.2, 0.25) is 0 Å². The normalized spacial score (nSPS) is 19.3. The van der Waals surface area contributed by atoms with E-state index in [4.69, 9.17) is 4.74 Å². The summed E-state index contributed by atoms with van der Waals surface area (Å²) in [6, 6.07) is 15.7. The van der Waals surface area contributed by atoms with Crippen LogP contribution < -0.4 is 15.5 Å². The number of hydrogen-bond acceptors (Lipinski definition) is 4. The quantitative estimate of drug-likeness (QED) is 0.740. The number of ether oxygens (including phenoxy) is 1. The number of benzene rings is 2. The second-order valence-corrected chi connectivity index (χ2v) is 8.51. The minimum Gasteiger partial charge on any atom is -0.377 e. The van der Waals surface area contributed by atoms with E-state index >= 15 is 0 Å². The molecule has 2 aromatic carbocycles. The largest absolute Gasteiger partial charge is 0.377 e. The van der Waals surface area contributed by atoms with Crippen LogP contribution in [0.3, 0.4) is 0 Å². The molecule has 2 aromatic rings. The Morgan fingerprint density at radius 1 is 1.03 bits per heavy atom. The molecule has 2 amide bonds. The SMILES string of the molecule is CC1COCCN1c1ccc(NC(=O)c2ccc(CNC(=O)C3CCCC3)cc2)cc1. The van der Waals surface area contributed by atoms with Crippen LogP contribution in [0.15, 0.2) is 48.5 Å². The van der Waals surface area contributed by atoms with Crippen molar-refractivity contribution in [3.63, 3.8) is 0 Å². The van der Waals surface area contributed by atoms with Crippen LogP contribution >= 0.6 is 0 Å². The van der Waals surface area contributed by atoms with Gasteiger partial charge < -0.3 is 20.3 Å². The molecule has 1 saturated heterocycles. The standard InChI is InChI=1S/C25H31N3O3/c1-18-17-31-15-14-28(18)23-12-10-22(11-13-23)27-25(30)21-8-6-19(7-9-21)16-26-24(29)20-4-2-3-5-20/h6-13,18,20H,2-5,14-17H2,1H3,(H,26,29)(H,27,30). The van der Waals surface area contributed by atoms with Gasteiger partial charge in [-0.25, -0.2) is 0 Å². The second-order valence-electron chi connectivity index (χ2n) is 8.51. The highest BCUT2D eigenvalue weighted by Crippen LogP contribution is 2.25. The molecule has 2 aliphatic rings. The molecule has 0 bridgehead atoms. The summed E-state index contributed by atoms with van der Waals surface area (Å²) in [5.74, 6) is 0.172. The lowest BCUT2D eigenvalue weighted by atomic mass is 10.1. The zero-order valence-electron chi connectivity index (χ0n) is 18.1. The zero-order valence-corrected chi connectivity index (χ0v) is 18.1. The minimum absolute atomic E-state index is 0.144. The predicted octanol–water partition coefficient (Wildman–Crippen LogP) is 3.97. The van der Waals surface area contributed by atoms with Crippen molar-refractivity contribution in [2.75, 3.05) is 30.0 Å². The molecule has 2 N–H and O–H groups in total. The number of amides is 2. The van der Waals surface area contributed by atoms with Crippen molar-refractivity contribution in [3.8, 4) is 0 Å². The van der Waals surface area contributed by atoms with E-state index in [1.165, 1.54) is 0 Å². The summed E-state index contributed by atoms with van der Waals surface area (Å²) in [7, 11) is 0. The Balaban J connectivity index is 1.29. The van der Waals surface area contributed by atoms with E-state index in [0.717, 1.165) is 62.4 Å². The van der Waals surface area contributed by atoms with Crippen molar-refractivity contribution in [3.05, 3.63) is 59.7 Å². The van der Waals surface area contributed by atoms with E-state index in [1.807, 2.05) is 36.4 Å². The van der Waals surface area contributed by atoms with Crippen molar-refractivity contribution in [1.29, 1.82) is 0 Å². The van der Waals surface area contributed by atoms with Gasteiger partial charge in [-0.1, -0.05) is 25.0 Å². The lowest BCUT2D eigenvalue weighted by Gasteiger charge is -2.35. The molecule has 6 heteroatoms.